The first-order valence-electron chi connectivity index (χ1n) is 9.79. The Hall–Kier alpha value is -4.08. The summed E-state index contributed by atoms with van der Waals surface area (Å²) in [5, 5.41) is 16.5. The monoisotopic (exact) mass is 440 g/mol. The number of hydrogen-bond donors (Lipinski definition) is 2. The summed E-state index contributed by atoms with van der Waals surface area (Å²) in [6.07, 6.45) is 5.93. The van der Waals surface area contributed by atoms with Crippen molar-refractivity contribution in [2.45, 2.75) is 25.8 Å². The maximum Gasteiger partial charge on any atom is 0.313 e. The van der Waals surface area contributed by atoms with E-state index in [1.165, 1.54) is 25.9 Å². The van der Waals surface area contributed by atoms with Gasteiger partial charge in [-0.2, -0.15) is 4.73 Å². The number of oxazole rings is 1. The lowest BCUT2D eigenvalue weighted by Gasteiger charge is -2.25. The van der Waals surface area contributed by atoms with Gasteiger partial charge in [0.1, 0.15) is 5.75 Å². The highest BCUT2D eigenvalue weighted by Crippen LogP contribution is 2.32. The molecule has 3 aromatic rings. The summed E-state index contributed by atoms with van der Waals surface area (Å²) in [6.45, 7) is 3.80. The number of aromatic nitrogens is 2. The molecule has 0 bridgehead atoms. The molecule has 2 amide bonds. The fourth-order valence-electron chi connectivity index (χ4n) is 2.88. The third-order valence-electron chi connectivity index (χ3n) is 4.56. The van der Waals surface area contributed by atoms with E-state index in [0.29, 0.717) is 39.7 Å². The number of anilines is 1. The van der Waals surface area contributed by atoms with Gasteiger partial charge in [0.05, 0.1) is 25.5 Å². The Morgan fingerprint density at radius 3 is 2.75 bits per heavy atom. The molecule has 10 heteroatoms. The summed E-state index contributed by atoms with van der Waals surface area (Å²) in [6, 6.07) is 8.15. The second-order valence-electron chi connectivity index (χ2n) is 7.57. The lowest BCUT2D eigenvalue weighted by molar-refractivity contribution is -0.605. The number of carbonyl (C=O) groups is 2. The van der Waals surface area contributed by atoms with E-state index in [9.17, 15) is 14.8 Å². The van der Waals surface area contributed by atoms with Gasteiger partial charge in [0.15, 0.2) is 24.1 Å². The number of pyridine rings is 1. The molecule has 0 radical (unpaired) electrons. The van der Waals surface area contributed by atoms with E-state index < -0.39 is 17.4 Å². The first-order valence-corrected chi connectivity index (χ1v) is 9.79. The van der Waals surface area contributed by atoms with E-state index in [2.05, 4.69) is 15.6 Å². The van der Waals surface area contributed by atoms with Crippen molar-refractivity contribution >= 4 is 17.5 Å². The molecular formula is C22H24N4O6. The van der Waals surface area contributed by atoms with Gasteiger partial charge in [0.2, 0.25) is 6.20 Å². The summed E-state index contributed by atoms with van der Waals surface area (Å²) in [5.41, 5.74) is 0.334. The van der Waals surface area contributed by atoms with Crippen molar-refractivity contribution in [3.8, 4) is 22.8 Å². The molecule has 2 N–H and O–H groups in total. The Bertz CT molecular complexity index is 1080. The fraction of sp³-hybridized carbons (Fsp3) is 0.273. The number of nitrogens with one attached hydrogen (secondary N) is 2. The van der Waals surface area contributed by atoms with Crippen LogP contribution in [0.4, 0.5) is 5.69 Å². The topological polar surface area (TPSA) is 130 Å². The van der Waals surface area contributed by atoms with Crippen LogP contribution in [-0.4, -0.2) is 36.1 Å². The van der Waals surface area contributed by atoms with Crippen LogP contribution in [0.3, 0.4) is 0 Å². The molecule has 10 nitrogen and oxygen atoms in total. The third kappa shape index (κ3) is 5.97. The lowest BCUT2D eigenvalue weighted by Crippen LogP contribution is -2.48. The number of amides is 2. The standard InChI is InChI=1S/C22H24N4O6/c1-22(2,8-10-31-16-5-4-9-26(29)13-16)25-21(28)20(27)24-15-6-7-17(18(11-15)30-3)19-12-23-14-32-19/h4-7,9,11-14H,8,10H2,1-3H3,(H,24,27)(H,25,28). The zero-order valence-electron chi connectivity index (χ0n) is 18.0. The molecule has 0 fully saturated rings. The van der Waals surface area contributed by atoms with Gasteiger partial charge in [-0.15, -0.1) is 0 Å². The van der Waals surface area contributed by atoms with Crippen molar-refractivity contribution in [1.82, 2.24) is 10.3 Å². The Morgan fingerprint density at radius 2 is 2.06 bits per heavy atom. The van der Waals surface area contributed by atoms with Crippen LogP contribution in [0.2, 0.25) is 0 Å². The van der Waals surface area contributed by atoms with Crippen LogP contribution in [0.25, 0.3) is 11.3 Å². The first kappa shape index (κ1) is 22.6. The normalized spacial score (nSPS) is 11.0. The minimum atomic E-state index is -0.816. The van der Waals surface area contributed by atoms with E-state index in [4.69, 9.17) is 13.9 Å². The fourth-order valence-corrected chi connectivity index (χ4v) is 2.88. The molecular weight excluding hydrogens is 416 g/mol. The maximum atomic E-state index is 12.4. The van der Waals surface area contributed by atoms with Gasteiger partial charge in [-0.25, -0.2) is 4.98 Å². The number of hydrogen-bond acceptors (Lipinski definition) is 7. The van der Waals surface area contributed by atoms with Gasteiger partial charge in [0.25, 0.3) is 0 Å². The summed E-state index contributed by atoms with van der Waals surface area (Å²) in [5.74, 6) is -0.209. The summed E-state index contributed by atoms with van der Waals surface area (Å²) >= 11 is 0. The summed E-state index contributed by atoms with van der Waals surface area (Å²) < 4.78 is 16.8. The van der Waals surface area contributed by atoms with Crippen LogP contribution in [0.15, 0.2) is 59.7 Å². The van der Waals surface area contributed by atoms with E-state index in [1.807, 2.05) is 0 Å². The van der Waals surface area contributed by atoms with Crippen molar-refractivity contribution < 1.29 is 28.2 Å². The predicted molar refractivity (Wildman–Crippen MR) is 115 cm³/mol. The quantitative estimate of drug-likeness (QED) is 0.312. The smallest absolute Gasteiger partial charge is 0.313 e. The van der Waals surface area contributed by atoms with E-state index >= 15 is 0 Å². The number of methoxy groups -OCH3 is 1. The zero-order valence-corrected chi connectivity index (χ0v) is 18.0. The number of carbonyl (C=O) groups excluding carboxylic acids is 2. The number of nitrogens with zero attached hydrogens (tertiary/aromatic N) is 2. The van der Waals surface area contributed by atoms with Crippen molar-refractivity contribution in [3.63, 3.8) is 0 Å². The van der Waals surface area contributed by atoms with Gasteiger partial charge in [-0.3, -0.25) is 9.59 Å². The summed E-state index contributed by atoms with van der Waals surface area (Å²) in [4.78, 5) is 28.6. The molecule has 168 valence electrons. The molecule has 0 aliphatic rings. The Labute approximate surface area is 184 Å². The molecule has 2 heterocycles. The SMILES string of the molecule is COc1cc(NC(=O)C(=O)NC(C)(C)CCOc2ccc[n+]([O-])c2)ccc1-c1cnco1. The maximum absolute atomic E-state index is 12.4. The van der Waals surface area contributed by atoms with E-state index in [1.54, 1.807) is 50.4 Å². The Morgan fingerprint density at radius 1 is 1.25 bits per heavy atom. The predicted octanol–water partition coefficient (Wildman–Crippen LogP) is 2.29. The largest absolute Gasteiger partial charge is 0.619 e. The number of benzene rings is 1. The molecule has 0 unspecified atom stereocenters. The molecule has 0 spiro atoms. The molecule has 0 atom stereocenters. The summed E-state index contributed by atoms with van der Waals surface area (Å²) in [7, 11) is 1.49. The first-order chi connectivity index (χ1) is 15.3. The van der Waals surface area contributed by atoms with Crippen molar-refractivity contribution in [3.05, 3.63) is 60.5 Å². The van der Waals surface area contributed by atoms with Crippen LogP contribution in [0, 0.1) is 5.21 Å². The molecule has 0 saturated heterocycles. The van der Waals surface area contributed by atoms with Crippen LogP contribution in [0.5, 0.6) is 11.5 Å². The Balaban J connectivity index is 1.55. The molecule has 3 rings (SSSR count). The lowest BCUT2D eigenvalue weighted by atomic mass is 10.0. The Kier molecular flexibility index (Phi) is 6.93. The van der Waals surface area contributed by atoms with Crippen LogP contribution in [0.1, 0.15) is 20.3 Å². The second-order valence-corrected chi connectivity index (χ2v) is 7.57. The van der Waals surface area contributed by atoms with E-state index in [0.717, 1.165) is 0 Å². The van der Waals surface area contributed by atoms with Crippen LogP contribution >= 0.6 is 0 Å². The van der Waals surface area contributed by atoms with Gasteiger partial charge >= 0.3 is 11.8 Å². The highest BCUT2D eigenvalue weighted by molar-refractivity contribution is 6.39. The number of ether oxygens (including phenoxy) is 2. The number of rotatable bonds is 8. The molecule has 2 aromatic heterocycles. The average Bonchev–Trinajstić information content (AvgIpc) is 3.28. The highest BCUT2D eigenvalue weighted by Gasteiger charge is 2.25. The van der Waals surface area contributed by atoms with Crippen LogP contribution in [-0.2, 0) is 9.59 Å². The van der Waals surface area contributed by atoms with Crippen molar-refractivity contribution in [1.29, 1.82) is 0 Å². The third-order valence-corrected chi connectivity index (χ3v) is 4.56. The minimum absolute atomic E-state index is 0.249. The van der Waals surface area contributed by atoms with Gasteiger partial charge in [-0.1, -0.05) is 0 Å². The van der Waals surface area contributed by atoms with E-state index in [-0.39, 0.29) is 6.61 Å². The molecule has 1 aromatic carbocycles. The zero-order chi connectivity index (χ0) is 23.1. The molecule has 32 heavy (non-hydrogen) atoms. The molecule has 0 saturated carbocycles. The average molecular weight is 440 g/mol. The minimum Gasteiger partial charge on any atom is -0.619 e. The second kappa shape index (κ2) is 9.82. The van der Waals surface area contributed by atoms with Gasteiger partial charge in [-0.05, 0) is 32.0 Å². The highest BCUT2D eigenvalue weighted by atomic mass is 16.5. The van der Waals surface area contributed by atoms with Crippen LogP contribution < -0.4 is 24.8 Å². The van der Waals surface area contributed by atoms with Crippen molar-refractivity contribution in [2.75, 3.05) is 19.0 Å². The molecule has 0 aliphatic heterocycles. The molecule has 0 aliphatic carbocycles. The van der Waals surface area contributed by atoms with Crippen molar-refractivity contribution in [2.24, 2.45) is 0 Å². The van der Waals surface area contributed by atoms with Gasteiger partial charge < -0.3 is 29.7 Å². The van der Waals surface area contributed by atoms with Gasteiger partial charge in [0, 0.05) is 29.8 Å².